The van der Waals surface area contributed by atoms with E-state index in [1.165, 1.54) is 30.5 Å². The molecule has 5 nitrogen and oxygen atoms in total. The van der Waals surface area contributed by atoms with Crippen molar-refractivity contribution in [3.05, 3.63) is 47.5 Å². The summed E-state index contributed by atoms with van der Waals surface area (Å²) >= 11 is 0. The summed E-state index contributed by atoms with van der Waals surface area (Å²) in [5.41, 5.74) is 0.357. The fraction of sp³-hybridized carbons (Fsp3) is 0.357. The zero-order valence-corrected chi connectivity index (χ0v) is 11.8. The first kappa shape index (κ1) is 16.0. The number of hydrogen-bond acceptors (Lipinski definition) is 3. The summed E-state index contributed by atoms with van der Waals surface area (Å²) in [7, 11) is 0. The second-order valence-corrected chi connectivity index (χ2v) is 4.73. The lowest BCUT2D eigenvalue weighted by Crippen LogP contribution is -2.38. The molecule has 2 N–H and O–H groups in total. The van der Waals surface area contributed by atoms with E-state index in [0.29, 0.717) is 12.1 Å². The molecule has 118 valence electrons. The van der Waals surface area contributed by atoms with Gasteiger partial charge in [0.05, 0.1) is 5.69 Å². The van der Waals surface area contributed by atoms with Gasteiger partial charge in [0.15, 0.2) is 6.04 Å². The molecule has 2 aromatic rings. The van der Waals surface area contributed by atoms with Crippen molar-refractivity contribution in [2.24, 2.45) is 0 Å². The summed E-state index contributed by atoms with van der Waals surface area (Å²) < 4.78 is 39.4. The Bertz CT molecular complexity index is 625. The van der Waals surface area contributed by atoms with E-state index in [0.717, 1.165) is 6.42 Å². The van der Waals surface area contributed by atoms with Gasteiger partial charge in [0.1, 0.15) is 5.69 Å². The molecule has 0 saturated heterocycles. The number of nitrogens with zero attached hydrogens (tertiary/aromatic N) is 2. The Morgan fingerprint density at radius 2 is 2.18 bits per heavy atom. The Hall–Kier alpha value is -2.38. The van der Waals surface area contributed by atoms with E-state index in [1.807, 2.05) is 12.2 Å². The third kappa shape index (κ3) is 3.84. The molecular weight excluding hydrogens is 297 g/mol. The first-order valence-corrected chi connectivity index (χ1v) is 6.74. The van der Waals surface area contributed by atoms with E-state index < -0.39 is 18.1 Å². The van der Waals surface area contributed by atoms with Gasteiger partial charge in [-0.05, 0) is 24.6 Å². The first-order valence-electron chi connectivity index (χ1n) is 6.74. The number of carbonyl (C=O) groups excluding carboxylic acids is 1. The highest BCUT2D eigenvalue weighted by atomic mass is 19.4. The maximum absolute atomic E-state index is 13.1. The third-order valence-corrected chi connectivity index (χ3v) is 2.97. The molecule has 2 heterocycles. The number of aromatic amines is 1. The summed E-state index contributed by atoms with van der Waals surface area (Å²) in [6.07, 6.45) is -1.90. The van der Waals surface area contributed by atoms with Crippen LogP contribution in [-0.2, 0) is 6.42 Å². The fourth-order valence-corrected chi connectivity index (χ4v) is 1.95. The van der Waals surface area contributed by atoms with E-state index >= 15 is 0 Å². The Morgan fingerprint density at radius 3 is 2.77 bits per heavy atom. The highest BCUT2D eigenvalue weighted by Gasteiger charge is 2.43. The van der Waals surface area contributed by atoms with Crippen LogP contribution in [-0.4, -0.2) is 27.3 Å². The molecule has 0 radical (unpaired) electrons. The van der Waals surface area contributed by atoms with Crippen molar-refractivity contribution in [1.29, 1.82) is 0 Å². The molecule has 1 amide bonds. The van der Waals surface area contributed by atoms with Gasteiger partial charge in [-0.3, -0.25) is 14.9 Å². The highest BCUT2D eigenvalue weighted by molar-refractivity contribution is 5.92. The Kier molecular flexibility index (Phi) is 4.79. The van der Waals surface area contributed by atoms with Crippen molar-refractivity contribution in [3.63, 3.8) is 0 Å². The topological polar surface area (TPSA) is 70.7 Å². The van der Waals surface area contributed by atoms with Crippen LogP contribution in [0, 0.1) is 0 Å². The van der Waals surface area contributed by atoms with Crippen LogP contribution < -0.4 is 5.32 Å². The largest absolute Gasteiger partial charge is 0.414 e. The second kappa shape index (κ2) is 6.59. The van der Waals surface area contributed by atoms with Crippen molar-refractivity contribution in [1.82, 2.24) is 20.5 Å². The monoisotopic (exact) mass is 312 g/mol. The number of H-pyrrole nitrogens is 1. The van der Waals surface area contributed by atoms with E-state index in [2.05, 4.69) is 15.2 Å². The van der Waals surface area contributed by atoms with Gasteiger partial charge in [0.2, 0.25) is 0 Å². The predicted molar refractivity (Wildman–Crippen MR) is 73.1 cm³/mol. The first-order chi connectivity index (χ1) is 10.4. The SMILES string of the molecule is CCCc1cc(C(=O)N[C@@H](c2ccccn2)C(F)(F)F)n[nH]1. The normalized spacial score (nSPS) is 12.9. The maximum Gasteiger partial charge on any atom is 0.414 e. The molecule has 0 bridgehead atoms. The van der Waals surface area contributed by atoms with Gasteiger partial charge in [-0.2, -0.15) is 18.3 Å². The van der Waals surface area contributed by atoms with Crippen LogP contribution in [0.2, 0.25) is 0 Å². The van der Waals surface area contributed by atoms with E-state index in [4.69, 9.17) is 0 Å². The summed E-state index contributed by atoms with van der Waals surface area (Å²) in [6.45, 7) is 1.95. The number of halogens is 3. The summed E-state index contributed by atoms with van der Waals surface area (Å²) in [5, 5.41) is 8.31. The molecule has 0 aliphatic rings. The third-order valence-electron chi connectivity index (χ3n) is 2.97. The number of hydrogen-bond donors (Lipinski definition) is 2. The number of aryl methyl sites for hydroxylation is 1. The van der Waals surface area contributed by atoms with Gasteiger partial charge in [-0.1, -0.05) is 19.4 Å². The smallest absolute Gasteiger partial charge is 0.334 e. The number of alkyl halides is 3. The molecule has 0 spiro atoms. The summed E-state index contributed by atoms with van der Waals surface area (Å²) in [5.74, 6) is -0.897. The predicted octanol–water partition coefficient (Wildman–Crippen LogP) is 2.79. The van der Waals surface area contributed by atoms with E-state index in [-0.39, 0.29) is 11.4 Å². The molecule has 22 heavy (non-hydrogen) atoms. The minimum Gasteiger partial charge on any atom is -0.334 e. The average molecular weight is 312 g/mol. The molecule has 0 aliphatic carbocycles. The lowest BCUT2D eigenvalue weighted by Gasteiger charge is -2.20. The summed E-state index contributed by atoms with van der Waals surface area (Å²) in [4.78, 5) is 15.6. The van der Waals surface area contributed by atoms with Crippen molar-refractivity contribution >= 4 is 5.91 Å². The van der Waals surface area contributed by atoms with Gasteiger partial charge in [0, 0.05) is 11.9 Å². The fourth-order valence-electron chi connectivity index (χ4n) is 1.95. The van der Waals surface area contributed by atoms with Crippen molar-refractivity contribution < 1.29 is 18.0 Å². The van der Waals surface area contributed by atoms with Gasteiger partial charge in [-0.15, -0.1) is 0 Å². The van der Waals surface area contributed by atoms with Crippen LogP contribution in [0.1, 0.15) is 41.3 Å². The molecule has 2 aromatic heterocycles. The number of carbonyl (C=O) groups is 1. The number of aromatic nitrogens is 3. The van der Waals surface area contributed by atoms with E-state index in [9.17, 15) is 18.0 Å². The molecule has 0 fully saturated rings. The minimum absolute atomic E-state index is 0.0753. The van der Waals surface area contributed by atoms with Crippen LogP contribution in [0.3, 0.4) is 0 Å². The Balaban J connectivity index is 2.18. The van der Waals surface area contributed by atoms with Crippen LogP contribution in [0.15, 0.2) is 30.5 Å². The molecule has 0 saturated carbocycles. The quantitative estimate of drug-likeness (QED) is 0.892. The zero-order chi connectivity index (χ0) is 16.2. The zero-order valence-electron chi connectivity index (χ0n) is 11.8. The molecule has 0 unspecified atom stereocenters. The van der Waals surface area contributed by atoms with Crippen LogP contribution in [0.4, 0.5) is 13.2 Å². The molecular formula is C14H15F3N4O. The van der Waals surface area contributed by atoms with E-state index in [1.54, 1.807) is 0 Å². The lowest BCUT2D eigenvalue weighted by molar-refractivity contribution is -0.156. The average Bonchev–Trinajstić information content (AvgIpc) is 2.93. The summed E-state index contributed by atoms with van der Waals surface area (Å²) in [6, 6.07) is 3.42. The number of rotatable bonds is 5. The molecule has 0 aliphatic heterocycles. The Morgan fingerprint density at radius 1 is 1.41 bits per heavy atom. The number of nitrogens with one attached hydrogen (secondary N) is 2. The Labute approximate surface area is 125 Å². The van der Waals surface area contributed by atoms with Crippen molar-refractivity contribution in [2.75, 3.05) is 0 Å². The van der Waals surface area contributed by atoms with Crippen molar-refractivity contribution in [2.45, 2.75) is 32.0 Å². The van der Waals surface area contributed by atoms with Crippen LogP contribution >= 0.6 is 0 Å². The van der Waals surface area contributed by atoms with Gasteiger partial charge in [-0.25, -0.2) is 0 Å². The van der Waals surface area contributed by atoms with Gasteiger partial charge < -0.3 is 5.32 Å². The maximum atomic E-state index is 13.1. The lowest BCUT2D eigenvalue weighted by atomic mass is 10.1. The van der Waals surface area contributed by atoms with Gasteiger partial charge >= 0.3 is 6.18 Å². The number of pyridine rings is 1. The van der Waals surface area contributed by atoms with Crippen molar-refractivity contribution in [3.8, 4) is 0 Å². The minimum atomic E-state index is -4.65. The molecule has 1 atom stereocenters. The number of amides is 1. The molecule has 0 aromatic carbocycles. The second-order valence-electron chi connectivity index (χ2n) is 4.73. The highest BCUT2D eigenvalue weighted by Crippen LogP contribution is 2.31. The van der Waals surface area contributed by atoms with Gasteiger partial charge in [0.25, 0.3) is 5.91 Å². The molecule has 8 heteroatoms. The molecule has 2 rings (SSSR count). The van der Waals surface area contributed by atoms with Crippen LogP contribution in [0.5, 0.6) is 0 Å². The standard InChI is InChI=1S/C14H15F3N4O/c1-2-5-9-8-11(21-20-9)13(22)19-12(14(15,16)17)10-6-3-4-7-18-10/h3-4,6-8,12H,2,5H2,1H3,(H,19,22)(H,20,21)/t12-/m0/s1. The van der Waals surface area contributed by atoms with Crippen LogP contribution in [0.25, 0.3) is 0 Å².